The van der Waals surface area contributed by atoms with Crippen molar-refractivity contribution in [3.05, 3.63) is 24.3 Å². The second-order valence-electron chi connectivity index (χ2n) is 6.30. The highest BCUT2D eigenvalue weighted by atomic mass is 28.3. The van der Waals surface area contributed by atoms with Gasteiger partial charge in [-0.05, 0) is 12.1 Å². The van der Waals surface area contributed by atoms with Gasteiger partial charge in [-0.25, -0.2) is 0 Å². The van der Waals surface area contributed by atoms with Crippen LogP contribution in [0.1, 0.15) is 0 Å². The van der Waals surface area contributed by atoms with Crippen LogP contribution in [0.4, 0.5) is 11.4 Å². The van der Waals surface area contributed by atoms with E-state index in [1.807, 2.05) is 0 Å². The van der Waals surface area contributed by atoms with Crippen LogP contribution in [0, 0.1) is 0 Å². The van der Waals surface area contributed by atoms with Gasteiger partial charge in [0, 0.05) is 11.4 Å². The number of benzene rings is 1. The van der Waals surface area contributed by atoms with Gasteiger partial charge in [0.1, 0.15) is 16.5 Å². The van der Waals surface area contributed by atoms with Gasteiger partial charge in [-0.3, -0.25) is 0 Å². The Kier molecular flexibility index (Phi) is 3.85. The Balaban J connectivity index is 2.92. The predicted octanol–water partition coefficient (Wildman–Crippen LogP) is 4.18. The maximum atomic E-state index is 3.67. The Morgan fingerprint density at radius 1 is 0.688 bits per heavy atom. The van der Waals surface area contributed by atoms with Crippen molar-refractivity contribution in [3.63, 3.8) is 0 Å². The van der Waals surface area contributed by atoms with Crippen LogP contribution in [0.2, 0.25) is 39.3 Å². The summed E-state index contributed by atoms with van der Waals surface area (Å²) >= 11 is 0. The molecule has 0 bridgehead atoms. The predicted molar refractivity (Wildman–Crippen MR) is 80.4 cm³/mol. The fraction of sp³-hybridized carbons (Fsp3) is 0.500. The Bertz CT molecular complexity index is 316. The number of para-hydroxylation sites is 2. The maximum Gasteiger partial charge on any atom is 0.144 e. The minimum absolute atomic E-state index is 1.25. The van der Waals surface area contributed by atoms with Crippen LogP contribution < -0.4 is 9.96 Å². The van der Waals surface area contributed by atoms with E-state index in [1.54, 1.807) is 0 Å². The molecule has 1 rings (SSSR count). The van der Waals surface area contributed by atoms with Crippen LogP contribution in [0.5, 0.6) is 0 Å². The third kappa shape index (κ3) is 4.85. The van der Waals surface area contributed by atoms with E-state index in [2.05, 4.69) is 73.5 Å². The van der Waals surface area contributed by atoms with Gasteiger partial charge in [0.15, 0.2) is 0 Å². The summed E-state index contributed by atoms with van der Waals surface area (Å²) in [5.74, 6) is 0. The zero-order chi connectivity index (χ0) is 12.4. The first-order valence-corrected chi connectivity index (χ1v) is 12.8. The van der Waals surface area contributed by atoms with Gasteiger partial charge in [-0.15, -0.1) is 0 Å². The van der Waals surface area contributed by atoms with Gasteiger partial charge in [0.2, 0.25) is 0 Å². The first-order chi connectivity index (χ1) is 7.17. The standard InChI is InChI=1S/C12H24N2Si2/c1-15(2,3)13-11-9-7-8-10-12(11)14-16(4,5)6/h7-10,13-14H,1-6H3. The minimum atomic E-state index is -1.28. The Labute approximate surface area is 102 Å². The summed E-state index contributed by atoms with van der Waals surface area (Å²) < 4.78 is 0. The average Bonchev–Trinajstić information content (AvgIpc) is 2.03. The number of nitrogens with one attached hydrogen (secondary N) is 2. The molecular formula is C12H24N2Si2. The molecule has 0 aliphatic rings. The SMILES string of the molecule is C[Si](C)(C)Nc1ccccc1N[Si](C)(C)C. The average molecular weight is 253 g/mol. The highest BCUT2D eigenvalue weighted by Gasteiger charge is 2.18. The smallest absolute Gasteiger partial charge is 0.144 e. The lowest BCUT2D eigenvalue weighted by Gasteiger charge is -2.26. The Morgan fingerprint density at radius 2 is 1.00 bits per heavy atom. The molecule has 0 atom stereocenters. The second kappa shape index (κ2) is 4.63. The van der Waals surface area contributed by atoms with Crippen molar-refractivity contribution in [1.29, 1.82) is 0 Å². The lowest BCUT2D eigenvalue weighted by Crippen LogP contribution is -2.35. The van der Waals surface area contributed by atoms with Crippen molar-refractivity contribution in [2.24, 2.45) is 0 Å². The number of anilines is 2. The molecule has 0 amide bonds. The summed E-state index contributed by atoms with van der Waals surface area (Å²) in [5.41, 5.74) is 2.51. The van der Waals surface area contributed by atoms with E-state index < -0.39 is 16.5 Å². The summed E-state index contributed by atoms with van der Waals surface area (Å²) in [6, 6.07) is 8.52. The molecule has 0 aliphatic carbocycles. The summed E-state index contributed by atoms with van der Waals surface area (Å²) in [6.45, 7) is 13.9. The summed E-state index contributed by atoms with van der Waals surface area (Å²) in [6.07, 6.45) is 0. The summed E-state index contributed by atoms with van der Waals surface area (Å²) in [7, 11) is -2.56. The van der Waals surface area contributed by atoms with Gasteiger partial charge >= 0.3 is 0 Å². The summed E-state index contributed by atoms with van der Waals surface area (Å²) in [4.78, 5) is 7.34. The molecule has 0 heterocycles. The van der Waals surface area contributed by atoms with Crippen molar-refractivity contribution < 1.29 is 0 Å². The van der Waals surface area contributed by atoms with E-state index in [1.165, 1.54) is 11.4 Å². The number of hydrogen-bond donors (Lipinski definition) is 2. The molecule has 2 nitrogen and oxygen atoms in total. The van der Waals surface area contributed by atoms with Gasteiger partial charge in [-0.2, -0.15) is 0 Å². The van der Waals surface area contributed by atoms with Crippen molar-refractivity contribution >= 4 is 27.8 Å². The third-order valence-electron chi connectivity index (χ3n) is 1.95. The molecule has 4 heteroatoms. The van der Waals surface area contributed by atoms with Gasteiger partial charge in [-0.1, -0.05) is 51.4 Å². The molecule has 90 valence electrons. The molecule has 1 aromatic carbocycles. The second-order valence-corrected chi connectivity index (χ2v) is 15.8. The van der Waals surface area contributed by atoms with E-state index >= 15 is 0 Å². The molecule has 16 heavy (non-hydrogen) atoms. The lowest BCUT2D eigenvalue weighted by molar-refractivity contribution is 1.53. The maximum absolute atomic E-state index is 3.67. The molecule has 1 aromatic rings. The first-order valence-electron chi connectivity index (χ1n) is 5.83. The normalized spacial score (nSPS) is 12.4. The van der Waals surface area contributed by atoms with Crippen molar-refractivity contribution in [2.45, 2.75) is 39.3 Å². The highest BCUT2D eigenvalue weighted by Crippen LogP contribution is 2.25. The third-order valence-corrected chi connectivity index (χ3v) is 3.99. The zero-order valence-corrected chi connectivity index (χ0v) is 13.3. The molecular weight excluding hydrogens is 228 g/mol. The molecule has 0 spiro atoms. The van der Waals surface area contributed by atoms with Crippen LogP contribution in [-0.2, 0) is 0 Å². The fourth-order valence-electron chi connectivity index (χ4n) is 1.51. The highest BCUT2D eigenvalue weighted by molar-refractivity contribution is 6.80. The topological polar surface area (TPSA) is 24.1 Å². The van der Waals surface area contributed by atoms with Crippen molar-refractivity contribution in [2.75, 3.05) is 9.96 Å². The van der Waals surface area contributed by atoms with E-state index in [-0.39, 0.29) is 0 Å². The molecule has 0 saturated carbocycles. The first kappa shape index (κ1) is 13.3. The molecule has 0 fully saturated rings. The van der Waals surface area contributed by atoms with E-state index in [4.69, 9.17) is 0 Å². The molecule has 0 saturated heterocycles. The largest absolute Gasteiger partial charge is 0.409 e. The van der Waals surface area contributed by atoms with Crippen molar-refractivity contribution in [1.82, 2.24) is 0 Å². The van der Waals surface area contributed by atoms with Crippen LogP contribution in [0.3, 0.4) is 0 Å². The van der Waals surface area contributed by atoms with E-state index in [0.29, 0.717) is 0 Å². The molecule has 0 aliphatic heterocycles. The Morgan fingerprint density at radius 3 is 1.25 bits per heavy atom. The molecule has 0 aromatic heterocycles. The number of hydrogen-bond acceptors (Lipinski definition) is 2. The Hall–Kier alpha value is -0.746. The minimum Gasteiger partial charge on any atom is -0.409 e. The van der Waals surface area contributed by atoms with Crippen LogP contribution in [0.25, 0.3) is 0 Å². The molecule has 2 N–H and O–H groups in total. The van der Waals surface area contributed by atoms with Crippen LogP contribution in [0.15, 0.2) is 24.3 Å². The zero-order valence-electron chi connectivity index (χ0n) is 11.3. The summed E-state index contributed by atoms with van der Waals surface area (Å²) in [5, 5.41) is 0. The number of rotatable bonds is 4. The van der Waals surface area contributed by atoms with Crippen LogP contribution in [-0.4, -0.2) is 16.5 Å². The van der Waals surface area contributed by atoms with E-state index in [9.17, 15) is 0 Å². The fourth-order valence-corrected chi connectivity index (χ4v) is 3.56. The van der Waals surface area contributed by atoms with Gasteiger partial charge in [0.05, 0.1) is 0 Å². The quantitative estimate of drug-likeness (QED) is 0.786. The van der Waals surface area contributed by atoms with Crippen LogP contribution >= 0.6 is 0 Å². The van der Waals surface area contributed by atoms with Crippen molar-refractivity contribution in [3.8, 4) is 0 Å². The lowest BCUT2D eigenvalue weighted by atomic mass is 10.3. The molecule has 0 unspecified atom stereocenters. The molecule has 0 radical (unpaired) electrons. The van der Waals surface area contributed by atoms with Gasteiger partial charge in [0.25, 0.3) is 0 Å². The van der Waals surface area contributed by atoms with E-state index in [0.717, 1.165) is 0 Å². The van der Waals surface area contributed by atoms with Gasteiger partial charge < -0.3 is 9.96 Å². The monoisotopic (exact) mass is 252 g/mol.